The monoisotopic (exact) mass is 191 g/mol. The van der Waals surface area contributed by atoms with E-state index in [1.54, 1.807) is 12.3 Å². The lowest BCUT2D eigenvalue weighted by Gasteiger charge is -2.17. The third-order valence-corrected chi connectivity index (χ3v) is 1.97. The molecule has 1 atom stereocenters. The van der Waals surface area contributed by atoms with Gasteiger partial charge in [-0.2, -0.15) is 15.3 Å². The van der Waals surface area contributed by atoms with Crippen molar-refractivity contribution in [1.29, 1.82) is 0 Å². The number of azo groups is 1. The third kappa shape index (κ3) is 2.56. The Kier molecular flexibility index (Phi) is 3.13. The molecule has 0 bridgehead atoms. The molecule has 0 N–H and O–H groups in total. The van der Waals surface area contributed by atoms with Crippen LogP contribution in [0, 0.1) is 6.20 Å². The Morgan fingerprint density at radius 1 is 1.50 bits per heavy atom. The van der Waals surface area contributed by atoms with E-state index in [-0.39, 0.29) is 6.23 Å². The van der Waals surface area contributed by atoms with Gasteiger partial charge in [-0.3, -0.25) is 0 Å². The maximum Gasteiger partial charge on any atom is 0.168 e. The van der Waals surface area contributed by atoms with Crippen LogP contribution < -0.4 is 0 Å². The number of ether oxygens (including phenoxy) is 1. The summed E-state index contributed by atoms with van der Waals surface area (Å²) >= 11 is 0. The number of aromatic nitrogens is 2. The Labute approximate surface area is 82.2 Å². The van der Waals surface area contributed by atoms with Crippen molar-refractivity contribution < 1.29 is 4.74 Å². The van der Waals surface area contributed by atoms with Gasteiger partial charge in [0.05, 0.1) is 6.20 Å². The Bertz CT molecular complexity index is 295. The predicted octanol–water partition coefficient (Wildman–Crippen LogP) is 1.89. The summed E-state index contributed by atoms with van der Waals surface area (Å²) in [5.74, 6) is 0. The van der Waals surface area contributed by atoms with E-state index < -0.39 is 0 Å². The molecular formula is C9H11N4O. The second-order valence-corrected chi connectivity index (χ2v) is 3.06. The standard InChI is InChI=1S/C9H11N4O/c1-2-6-14-9(3-1)13-12-8-4-5-10-11-7-8/h4-5,9H,1-3,6H2. The molecule has 0 saturated carbocycles. The molecule has 1 aromatic rings. The van der Waals surface area contributed by atoms with Gasteiger partial charge >= 0.3 is 0 Å². The molecule has 2 rings (SSSR count). The first-order chi connectivity index (χ1) is 6.95. The van der Waals surface area contributed by atoms with E-state index in [0.29, 0.717) is 5.69 Å². The fraction of sp³-hybridized carbons (Fsp3) is 0.556. The summed E-state index contributed by atoms with van der Waals surface area (Å²) in [4.78, 5) is 0. The Morgan fingerprint density at radius 3 is 3.21 bits per heavy atom. The van der Waals surface area contributed by atoms with Crippen molar-refractivity contribution in [2.75, 3.05) is 6.61 Å². The molecule has 73 valence electrons. The second-order valence-electron chi connectivity index (χ2n) is 3.06. The summed E-state index contributed by atoms with van der Waals surface area (Å²) in [6.45, 7) is 0.780. The van der Waals surface area contributed by atoms with Crippen LogP contribution in [0.1, 0.15) is 19.3 Å². The highest BCUT2D eigenvalue weighted by Crippen LogP contribution is 2.16. The highest BCUT2D eigenvalue weighted by Gasteiger charge is 2.11. The van der Waals surface area contributed by atoms with Crippen LogP contribution in [0.15, 0.2) is 22.5 Å². The van der Waals surface area contributed by atoms with Crippen LogP contribution in [-0.2, 0) is 4.74 Å². The molecule has 1 saturated heterocycles. The lowest BCUT2D eigenvalue weighted by atomic mass is 10.2. The van der Waals surface area contributed by atoms with Gasteiger partial charge in [-0.1, -0.05) is 0 Å². The zero-order valence-electron chi connectivity index (χ0n) is 7.76. The summed E-state index contributed by atoms with van der Waals surface area (Å²) in [5, 5.41) is 15.2. The smallest absolute Gasteiger partial charge is 0.168 e. The first kappa shape index (κ1) is 9.21. The van der Waals surface area contributed by atoms with Gasteiger partial charge in [0.2, 0.25) is 0 Å². The molecular weight excluding hydrogens is 180 g/mol. The fourth-order valence-corrected chi connectivity index (χ4v) is 1.25. The van der Waals surface area contributed by atoms with Gasteiger partial charge in [0.15, 0.2) is 6.23 Å². The molecule has 1 aromatic heterocycles. The van der Waals surface area contributed by atoms with Gasteiger partial charge < -0.3 is 4.74 Å². The first-order valence-electron chi connectivity index (χ1n) is 4.67. The molecule has 1 unspecified atom stereocenters. The van der Waals surface area contributed by atoms with E-state index in [0.717, 1.165) is 25.9 Å². The lowest BCUT2D eigenvalue weighted by Crippen LogP contribution is -2.15. The minimum atomic E-state index is -0.0923. The van der Waals surface area contributed by atoms with Crippen LogP contribution in [-0.4, -0.2) is 23.0 Å². The molecule has 1 radical (unpaired) electrons. The molecule has 5 heteroatoms. The van der Waals surface area contributed by atoms with Crippen molar-refractivity contribution in [2.45, 2.75) is 25.5 Å². The summed E-state index contributed by atoms with van der Waals surface area (Å²) in [5.41, 5.74) is 0.592. The SMILES string of the molecule is [c]1nnccc1N=NC1CCCCO1. The molecule has 1 fully saturated rings. The summed E-state index contributed by atoms with van der Waals surface area (Å²) in [7, 11) is 0. The molecule has 0 aromatic carbocycles. The molecule has 0 aliphatic carbocycles. The van der Waals surface area contributed by atoms with Crippen LogP contribution in [0.5, 0.6) is 0 Å². The van der Waals surface area contributed by atoms with Gasteiger partial charge in [-0.25, -0.2) is 0 Å². The van der Waals surface area contributed by atoms with Crippen molar-refractivity contribution in [3.63, 3.8) is 0 Å². The van der Waals surface area contributed by atoms with Crippen molar-refractivity contribution in [3.05, 3.63) is 18.5 Å². The molecule has 2 heterocycles. The summed E-state index contributed by atoms with van der Waals surface area (Å²) in [6.07, 6.45) is 7.32. The van der Waals surface area contributed by atoms with Gasteiger partial charge in [0.1, 0.15) is 11.9 Å². The van der Waals surface area contributed by atoms with Gasteiger partial charge in [-0.05, 0) is 25.3 Å². The molecule has 1 aliphatic rings. The normalized spacial score (nSPS) is 22.7. The van der Waals surface area contributed by atoms with Gasteiger partial charge in [0, 0.05) is 6.61 Å². The van der Waals surface area contributed by atoms with Gasteiger partial charge in [0.25, 0.3) is 0 Å². The third-order valence-electron chi connectivity index (χ3n) is 1.97. The highest BCUT2D eigenvalue weighted by atomic mass is 16.5. The largest absolute Gasteiger partial charge is 0.355 e. The van der Waals surface area contributed by atoms with Crippen molar-refractivity contribution in [1.82, 2.24) is 10.2 Å². The molecule has 5 nitrogen and oxygen atoms in total. The van der Waals surface area contributed by atoms with E-state index in [1.807, 2.05) is 0 Å². The average molecular weight is 191 g/mol. The minimum Gasteiger partial charge on any atom is -0.355 e. The maximum absolute atomic E-state index is 5.39. The van der Waals surface area contributed by atoms with Crippen LogP contribution >= 0.6 is 0 Å². The quantitative estimate of drug-likeness (QED) is 0.670. The van der Waals surface area contributed by atoms with Crippen LogP contribution in [0.3, 0.4) is 0 Å². The Balaban J connectivity index is 1.93. The Hall–Kier alpha value is -1.36. The molecule has 1 aliphatic heterocycles. The van der Waals surface area contributed by atoms with E-state index in [2.05, 4.69) is 26.6 Å². The Morgan fingerprint density at radius 2 is 2.50 bits per heavy atom. The number of hydrogen-bond acceptors (Lipinski definition) is 5. The maximum atomic E-state index is 5.39. The number of nitrogens with zero attached hydrogens (tertiary/aromatic N) is 4. The molecule has 14 heavy (non-hydrogen) atoms. The fourth-order valence-electron chi connectivity index (χ4n) is 1.25. The zero-order chi connectivity index (χ0) is 9.64. The number of rotatable bonds is 2. The van der Waals surface area contributed by atoms with Crippen LogP contribution in [0.4, 0.5) is 5.69 Å². The second kappa shape index (κ2) is 4.76. The average Bonchev–Trinajstić information content (AvgIpc) is 2.29. The molecule has 0 spiro atoms. The van der Waals surface area contributed by atoms with E-state index >= 15 is 0 Å². The molecule has 0 amide bonds. The van der Waals surface area contributed by atoms with Crippen LogP contribution in [0.25, 0.3) is 0 Å². The van der Waals surface area contributed by atoms with Crippen molar-refractivity contribution >= 4 is 5.69 Å². The first-order valence-corrected chi connectivity index (χ1v) is 4.67. The number of hydrogen-bond donors (Lipinski definition) is 0. The zero-order valence-corrected chi connectivity index (χ0v) is 7.76. The van der Waals surface area contributed by atoms with Crippen LogP contribution in [0.2, 0.25) is 0 Å². The lowest BCUT2D eigenvalue weighted by molar-refractivity contribution is 0.0180. The topological polar surface area (TPSA) is 59.7 Å². The van der Waals surface area contributed by atoms with Gasteiger partial charge in [-0.15, -0.1) is 5.10 Å². The highest BCUT2D eigenvalue weighted by molar-refractivity contribution is 5.27. The summed E-state index contributed by atoms with van der Waals surface area (Å²) in [6, 6.07) is 1.71. The minimum absolute atomic E-state index is 0.0923. The van der Waals surface area contributed by atoms with Crippen molar-refractivity contribution in [3.8, 4) is 0 Å². The van der Waals surface area contributed by atoms with E-state index in [1.165, 1.54) is 0 Å². The summed E-state index contributed by atoms with van der Waals surface area (Å²) < 4.78 is 5.39. The predicted molar refractivity (Wildman–Crippen MR) is 49.0 cm³/mol. The van der Waals surface area contributed by atoms with Crippen molar-refractivity contribution in [2.24, 2.45) is 10.2 Å². The van der Waals surface area contributed by atoms with E-state index in [9.17, 15) is 0 Å². The van der Waals surface area contributed by atoms with E-state index in [4.69, 9.17) is 4.74 Å².